The maximum Gasteiger partial charge on any atom is 0.406 e. The molecule has 0 saturated carbocycles. The number of sulfonamides is 1. The lowest BCUT2D eigenvalue weighted by Gasteiger charge is -2.33. The lowest BCUT2D eigenvalue weighted by Crippen LogP contribution is -2.49. The van der Waals surface area contributed by atoms with E-state index in [2.05, 4.69) is 16.5 Å². The standard InChI is InChI=1S/C12H23F3N2O2S/c1-9-5-4-6-17(7-9)8-10(2)16-20(18,19)11(3)12(13,14)15/h9-11,16H,4-8H2,1-3H3/t9-,10+,11-/m1/s1. The van der Waals surface area contributed by atoms with Crippen molar-refractivity contribution in [3.63, 3.8) is 0 Å². The Morgan fingerprint density at radius 2 is 1.95 bits per heavy atom. The molecule has 8 heteroatoms. The first-order valence-electron chi connectivity index (χ1n) is 6.82. The van der Waals surface area contributed by atoms with E-state index in [1.165, 1.54) is 0 Å². The Bertz CT molecular complexity index is 411. The zero-order chi connectivity index (χ0) is 15.6. The number of piperidine rings is 1. The van der Waals surface area contributed by atoms with Crippen molar-refractivity contribution in [3.8, 4) is 0 Å². The molecule has 0 aliphatic carbocycles. The van der Waals surface area contributed by atoms with E-state index in [4.69, 9.17) is 0 Å². The van der Waals surface area contributed by atoms with E-state index in [1.54, 1.807) is 6.92 Å². The van der Waals surface area contributed by atoms with Crippen LogP contribution in [0.2, 0.25) is 0 Å². The first-order chi connectivity index (χ1) is 9.02. The highest BCUT2D eigenvalue weighted by atomic mass is 32.2. The Morgan fingerprint density at radius 1 is 1.35 bits per heavy atom. The smallest absolute Gasteiger partial charge is 0.301 e. The van der Waals surface area contributed by atoms with E-state index in [1.807, 2.05) is 0 Å². The molecule has 3 atom stereocenters. The molecule has 120 valence electrons. The zero-order valence-corrected chi connectivity index (χ0v) is 12.9. The Balaban J connectivity index is 2.55. The Morgan fingerprint density at radius 3 is 2.45 bits per heavy atom. The third-order valence-corrected chi connectivity index (χ3v) is 5.49. The Kier molecular flexibility index (Phi) is 5.86. The molecular weight excluding hydrogens is 293 g/mol. The van der Waals surface area contributed by atoms with Crippen molar-refractivity contribution < 1.29 is 21.6 Å². The van der Waals surface area contributed by atoms with Gasteiger partial charge in [-0.05, 0) is 39.2 Å². The summed E-state index contributed by atoms with van der Waals surface area (Å²) in [6.45, 7) is 6.55. The molecule has 1 aliphatic rings. The number of nitrogens with zero attached hydrogens (tertiary/aromatic N) is 1. The van der Waals surface area contributed by atoms with Gasteiger partial charge in [0.15, 0.2) is 5.25 Å². The molecule has 0 bridgehead atoms. The Hall–Kier alpha value is -0.340. The van der Waals surface area contributed by atoms with E-state index in [0.717, 1.165) is 25.9 Å². The summed E-state index contributed by atoms with van der Waals surface area (Å²) in [6, 6.07) is -0.532. The lowest BCUT2D eigenvalue weighted by molar-refractivity contribution is -0.127. The molecule has 0 amide bonds. The summed E-state index contributed by atoms with van der Waals surface area (Å²) >= 11 is 0. The summed E-state index contributed by atoms with van der Waals surface area (Å²) in [5.74, 6) is 0.543. The summed E-state index contributed by atoms with van der Waals surface area (Å²) in [5.41, 5.74) is 0. The quantitative estimate of drug-likeness (QED) is 0.844. The predicted molar refractivity (Wildman–Crippen MR) is 71.9 cm³/mol. The van der Waals surface area contributed by atoms with E-state index in [-0.39, 0.29) is 0 Å². The van der Waals surface area contributed by atoms with Crippen LogP contribution < -0.4 is 4.72 Å². The molecule has 1 N–H and O–H groups in total. The van der Waals surface area contributed by atoms with Gasteiger partial charge in [-0.1, -0.05) is 6.92 Å². The van der Waals surface area contributed by atoms with Crippen LogP contribution in [0.1, 0.15) is 33.6 Å². The summed E-state index contributed by atoms with van der Waals surface area (Å²) in [5, 5.41) is -2.39. The van der Waals surface area contributed by atoms with Crippen LogP contribution in [0.4, 0.5) is 13.2 Å². The highest BCUT2D eigenvalue weighted by Gasteiger charge is 2.45. The fourth-order valence-corrected chi connectivity index (χ4v) is 3.63. The van der Waals surface area contributed by atoms with Gasteiger partial charge in [-0.3, -0.25) is 0 Å². The molecule has 0 radical (unpaired) electrons. The highest BCUT2D eigenvalue weighted by molar-refractivity contribution is 7.90. The summed E-state index contributed by atoms with van der Waals surface area (Å²) in [6.07, 6.45) is -2.56. The van der Waals surface area contributed by atoms with Gasteiger partial charge < -0.3 is 4.90 Å². The number of likely N-dealkylation sites (tertiary alicyclic amines) is 1. The van der Waals surface area contributed by atoms with E-state index < -0.39 is 27.5 Å². The van der Waals surface area contributed by atoms with Gasteiger partial charge in [-0.15, -0.1) is 0 Å². The van der Waals surface area contributed by atoms with E-state index >= 15 is 0 Å². The first-order valence-corrected chi connectivity index (χ1v) is 8.37. The molecule has 1 saturated heterocycles. The third-order valence-electron chi connectivity index (χ3n) is 3.57. The maximum absolute atomic E-state index is 12.5. The van der Waals surface area contributed by atoms with Crippen molar-refractivity contribution in [1.29, 1.82) is 0 Å². The van der Waals surface area contributed by atoms with Crippen LogP contribution in [0.25, 0.3) is 0 Å². The van der Waals surface area contributed by atoms with Gasteiger partial charge in [-0.2, -0.15) is 13.2 Å². The van der Waals surface area contributed by atoms with Gasteiger partial charge in [0.1, 0.15) is 0 Å². The second-order valence-corrected chi connectivity index (χ2v) is 7.79. The number of hydrogen-bond acceptors (Lipinski definition) is 3. The van der Waals surface area contributed by atoms with Crippen molar-refractivity contribution >= 4 is 10.0 Å². The maximum atomic E-state index is 12.5. The van der Waals surface area contributed by atoms with Crippen LogP contribution >= 0.6 is 0 Å². The van der Waals surface area contributed by atoms with Crippen molar-refractivity contribution in [2.24, 2.45) is 5.92 Å². The molecule has 0 aromatic heterocycles. The van der Waals surface area contributed by atoms with Gasteiger partial charge in [0, 0.05) is 19.1 Å². The second kappa shape index (κ2) is 6.62. The van der Waals surface area contributed by atoms with Crippen molar-refractivity contribution in [2.45, 2.75) is 51.1 Å². The lowest BCUT2D eigenvalue weighted by atomic mass is 10.00. The minimum Gasteiger partial charge on any atom is -0.301 e. The molecule has 1 aliphatic heterocycles. The molecular formula is C12H23F3N2O2S. The topological polar surface area (TPSA) is 49.4 Å². The van der Waals surface area contributed by atoms with E-state index in [9.17, 15) is 21.6 Å². The molecule has 0 aromatic rings. The van der Waals surface area contributed by atoms with Crippen molar-refractivity contribution in [1.82, 2.24) is 9.62 Å². The third kappa shape index (κ3) is 5.21. The summed E-state index contributed by atoms with van der Waals surface area (Å²) < 4.78 is 62.8. The number of halogens is 3. The number of rotatable bonds is 5. The van der Waals surface area contributed by atoms with Crippen LogP contribution in [-0.4, -0.2) is 50.4 Å². The highest BCUT2D eigenvalue weighted by Crippen LogP contribution is 2.25. The van der Waals surface area contributed by atoms with Crippen molar-refractivity contribution in [2.75, 3.05) is 19.6 Å². The summed E-state index contributed by atoms with van der Waals surface area (Å²) in [4.78, 5) is 2.10. The molecule has 0 aromatic carbocycles. The van der Waals surface area contributed by atoms with E-state index in [0.29, 0.717) is 19.4 Å². The first kappa shape index (κ1) is 17.7. The minimum absolute atomic E-state index is 0.439. The number of hydrogen-bond donors (Lipinski definition) is 1. The van der Waals surface area contributed by atoms with Gasteiger partial charge in [-0.25, -0.2) is 13.1 Å². The van der Waals surface area contributed by atoms with Gasteiger partial charge >= 0.3 is 6.18 Å². The second-order valence-electron chi connectivity index (χ2n) is 5.75. The minimum atomic E-state index is -4.74. The largest absolute Gasteiger partial charge is 0.406 e. The molecule has 1 heterocycles. The summed E-state index contributed by atoms with van der Waals surface area (Å²) in [7, 11) is -4.38. The fraction of sp³-hybridized carbons (Fsp3) is 1.00. The average Bonchev–Trinajstić information content (AvgIpc) is 2.25. The van der Waals surface area contributed by atoms with Crippen LogP contribution in [-0.2, 0) is 10.0 Å². The van der Waals surface area contributed by atoms with Gasteiger partial charge in [0.2, 0.25) is 10.0 Å². The number of nitrogens with one attached hydrogen (secondary N) is 1. The molecule has 0 spiro atoms. The van der Waals surface area contributed by atoms with Gasteiger partial charge in [0.25, 0.3) is 0 Å². The van der Waals surface area contributed by atoms with Crippen LogP contribution in [0.5, 0.6) is 0 Å². The SMILES string of the molecule is C[C@@H]1CCCN(C[C@H](C)NS(=O)(=O)[C@H](C)C(F)(F)F)C1. The van der Waals surface area contributed by atoms with Crippen LogP contribution in [0.15, 0.2) is 0 Å². The normalized spacial score (nSPS) is 25.4. The van der Waals surface area contributed by atoms with Crippen molar-refractivity contribution in [3.05, 3.63) is 0 Å². The average molecular weight is 316 g/mol. The molecule has 0 unspecified atom stereocenters. The molecule has 4 nitrogen and oxygen atoms in total. The molecule has 20 heavy (non-hydrogen) atoms. The number of alkyl halides is 3. The van der Waals surface area contributed by atoms with Crippen LogP contribution in [0, 0.1) is 5.92 Å². The Labute approximate surface area is 118 Å². The van der Waals surface area contributed by atoms with Gasteiger partial charge in [0.05, 0.1) is 0 Å². The molecule has 1 fully saturated rings. The fourth-order valence-electron chi connectivity index (χ4n) is 2.44. The molecule has 1 rings (SSSR count). The monoisotopic (exact) mass is 316 g/mol. The van der Waals surface area contributed by atoms with Crippen LogP contribution in [0.3, 0.4) is 0 Å². The predicted octanol–water partition coefficient (Wildman–Crippen LogP) is 1.98. The zero-order valence-electron chi connectivity index (χ0n) is 12.1.